The molecule has 2 aromatic rings. The molecule has 1 N–H and O–H groups in total. The lowest BCUT2D eigenvalue weighted by Gasteiger charge is -2.33. The number of nitriles is 1. The quantitative estimate of drug-likeness (QED) is 0.165. The van der Waals surface area contributed by atoms with Gasteiger partial charge in [0.2, 0.25) is 11.8 Å². The fraction of sp³-hybridized carbons (Fsp3) is 0.516. The summed E-state index contributed by atoms with van der Waals surface area (Å²) >= 11 is 0. The van der Waals surface area contributed by atoms with Crippen molar-refractivity contribution in [2.45, 2.75) is 89.1 Å². The predicted octanol–water partition coefficient (Wildman–Crippen LogP) is 6.65. The number of amides is 2. The van der Waals surface area contributed by atoms with Crippen molar-refractivity contribution in [3.05, 3.63) is 64.2 Å². The summed E-state index contributed by atoms with van der Waals surface area (Å²) < 4.78 is 87.5. The van der Waals surface area contributed by atoms with Crippen LogP contribution in [-0.4, -0.2) is 47.3 Å². The summed E-state index contributed by atoms with van der Waals surface area (Å²) in [5.74, 6) is -0.525. The van der Waals surface area contributed by atoms with E-state index in [9.17, 15) is 41.0 Å². The van der Waals surface area contributed by atoms with Gasteiger partial charge < -0.3 is 9.84 Å². The summed E-state index contributed by atoms with van der Waals surface area (Å²) in [5.41, 5.74) is -6.11. The molecule has 1 atom stereocenters. The highest BCUT2D eigenvalue weighted by atomic mass is 19.4. The summed E-state index contributed by atoms with van der Waals surface area (Å²) in [4.78, 5) is 27.1. The molecule has 3 rings (SSSR count). The van der Waals surface area contributed by atoms with Crippen LogP contribution in [0.15, 0.2) is 36.4 Å². The number of carbonyl (C=O) groups is 2. The Morgan fingerprint density at radius 1 is 0.953 bits per heavy atom. The molecular formula is C31H34F6N2O4. The molecule has 43 heavy (non-hydrogen) atoms. The lowest BCUT2D eigenvalue weighted by atomic mass is 9.80. The van der Waals surface area contributed by atoms with Crippen LogP contribution in [0.2, 0.25) is 0 Å². The van der Waals surface area contributed by atoms with E-state index in [4.69, 9.17) is 10.00 Å². The van der Waals surface area contributed by atoms with Gasteiger partial charge in [-0.3, -0.25) is 14.5 Å². The van der Waals surface area contributed by atoms with Crippen molar-refractivity contribution >= 4 is 11.8 Å². The van der Waals surface area contributed by atoms with Crippen molar-refractivity contribution in [1.82, 2.24) is 4.90 Å². The third-order valence-electron chi connectivity index (χ3n) is 7.72. The third-order valence-corrected chi connectivity index (χ3v) is 7.72. The van der Waals surface area contributed by atoms with Gasteiger partial charge in [0.15, 0.2) is 0 Å². The van der Waals surface area contributed by atoms with Gasteiger partial charge in [-0.2, -0.15) is 31.6 Å². The van der Waals surface area contributed by atoms with Gasteiger partial charge in [0, 0.05) is 18.5 Å². The number of unbranched alkanes of at least 4 members (excludes halogenated alkanes) is 1. The Balaban J connectivity index is 1.75. The average Bonchev–Trinajstić information content (AvgIpc) is 3.15. The van der Waals surface area contributed by atoms with Crippen LogP contribution in [0.4, 0.5) is 26.3 Å². The van der Waals surface area contributed by atoms with E-state index in [1.807, 2.05) is 6.07 Å². The first-order valence-corrected chi connectivity index (χ1v) is 14.1. The SMILES string of the molecule is CCCc1cc(C(O)(C(F)(F)F)C(F)(F)F)cc(CCC)c1OCCCCN1C(=O)CC(C)(c2ccc(C#N)cc2)C1=O. The summed E-state index contributed by atoms with van der Waals surface area (Å²) in [6.07, 6.45) is -10.3. The standard InChI is InChI=1S/C31H34F6N2O4/c1-4-8-21-16-24(29(42,30(32,33)34)31(35,36)37)17-22(9-5-2)26(21)43-15-7-6-14-39-25(40)18-28(3,27(39)41)23-12-10-20(19-38)11-13-23/h10-13,16-17,42H,4-9,14-15,18H2,1-3H3. The van der Waals surface area contributed by atoms with Gasteiger partial charge in [-0.25, -0.2) is 0 Å². The van der Waals surface area contributed by atoms with Gasteiger partial charge in [-0.15, -0.1) is 0 Å². The fourth-order valence-electron chi connectivity index (χ4n) is 5.34. The molecule has 0 aliphatic carbocycles. The van der Waals surface area contributed by atoms with Crippen LogP contribution >= 0.6 is 0 Å². The molecule has 0 bridgehead atoms. The number of rotatable bonds is 12. The number of likely N-dealkylation sites (tertiary alicyclic amines) is 1. The van der Waals surface area contributed by atoms with Crippen molar-refractivity contribution in [2.24, 2.45) is 0 Å². The topological polar surface area (TPSA) is 90.6 Å². The van der Waals surface area contributed by atoms with Crippen LogP contribution in [0, 0.1) is 11.3 Å². The van der Waals surface area contributed by atoms with E-state index in [1.54, 1.807) is 45.0 Å². The first-order valence-electron chi connectivity index (χ1n) is 14.1. The number of carbonyl (C=O) groups excluding carboxylic acids is 2. The molecule has 0 saturated carbocycles. The van der Waals surface area contributed by atoms with Crippen molar-refractivity contribution in [1.29, 1.82) is 5.26 Å². The largest absolute Gasteiger partial charge is 0.493 e. The van der Waals surface area contributed by atoms with E-state index in [0.29, 0.717) is 48.9 Å². The second-order valence-electron chi connectivity index (χ2n) is 10.9. The molecule has 0 radical (unpaired) electrons. The number of hydrogen-bond donors (Lipinski definition) is 1. The lowest BCUT2D eigenvalue weighted by molar-refractivity contribution is -0.376. The minimum Gasteiger partial charge on any atom is -0.493 e. The maximum absolute atomic E-state index is 13.6. The molecule has 2 aromatic carbocycles. The minimum absolute atomic E-state index is 0.0243. The lowest BCUT2D eigenvalue weighted by Crippen LogP contribution is -2.54. The molecule has 234 valence electrons. The molecule has 2 amide bonds. The Labute approximate surface area is 246 Å². The number of hydrogen-bond acceptors (Lipinski definition) is 5. The van der Waals surface area contributed by atoms with Gasteiger partial charge in [0.1, 0.15) is 5.75 Å². The van der Waals surface area contributed by atoms with Crippen LogP contribution in [-0.2, 0) is 33.4 Å². The number of ether oxygens (including phenoxy) is 1. The van der Waals surface area contributed by atoms with Crippen molar-refractivity contribution < 1.29 is 45.8 Å². The second-order valence-corrected chi connectivity index (χ2v) is 10.9. The molecule has 6 nitrogen and oxygen atoms in total. The Bertz CT molecular complexity index is 1320. The highest BCUT2D eigenvalue weighted by Gasteiger charge is 2.71. The van der Waals surface area contributed by atoms with Crippen molar-refractivity contribution in [3.63, 3.8) is 0 Å². The van der Waals surface area contributed by atoms with E-state index in [1.165, 1.54) is 4.90 Å². The summed E-state index contributed by atoms with van der Waals surface area (Å²) in [5, 5.41) is 19.0. The molecular weight excluding hydrogens is 578 g/mol. The Kier molecular flexibility index (Phi) is 10.2. The monoisotopic (exact) mass is 612 g/mol. The number of nitrogens with zero attached hydrogens (tertiary/aromatic N) is 2. The summed E-state index contributed by atoms with van der Waals surface area (Å²) in [7, 11) is 0. The molecule has 12 heteroatoms. The first-order chi connectivity index (χ1) is 20.0. The number of aliphatic hydroxyl groups is 1. The molecule has 0 aromatic heterocycles. The van der Waals surface area contributed by atoms with Crippen LogP contribution in [0.5, 0.6) is 5.75 Å². The average molecular weight is 613 g/mol. The summed E-state index contributed by atoms with van der Waals surface area (Å²) in [6.45, 7) is 5.25. The maximum Gasteiger partial charge on any atom is 0.430 e. The zero-order valence-corrected chi connectivity index (χ0v) is 24.2. The van der Waals surface area contributed by atoms with E-state index in [-0.39, 0.29) is 61.1 Å². The minimum atomic E-state index is -6.00. The van der Waals surface area contributed by atoms with Gasteiger partial charge in [0.05, 0.1) is 23.7 Å². The van der Waals surface area contributed by atoms with Gasteiger partial charge in [-0.05, 0) is 73.6 Å². The zero-order chi connectivity index (χ0) is 32.2. The number of halogens is 6. The van der Waals surface area contributed by atoms with Gasteiger partial charge >= 0.3 is 12.4 Å². The fourth-order valence-corrected chi connectivity index (χ4v) is 5.34. The molecule has 1 heterocycles. The highest BCUT2D eigenvalue weighted by Crippen LogP contribution is 2.51. The van der Waals surface area contributed by atoms with Gasteiger partial charge in [0.25, 0.3) is 5.60 Å². The number of alkyl halides is 6. The van der Waals surface area contributed by atoms with E-state index >= 15 is 0 Å². The van der Waals surface area contributed by atoms with Crippen LogP contribution in [0.25, 0.3) is 0 Å². The van der Waals surface area contributed by atoms with E-state index in [2.05, 4.69) is 0 Å². The van der Waals surface area contributed by atoms with Crippen molar-refractivity contribution in [3.8, 4) is 11.8 Å². The van der Waals surface area contributed by atoms with E-state index in [0.717, 1.165) is 0 Å². The molecule has 1 aliphatic rings. The maximum atomic E-state index is 13.6. The number of benzene rings is 2. The molecule has 1 fully saturated rings. The first kappa shape index (κ1) is 33.9. The van der Waals surface area contributed by atoms with E-state index < -0.39 is 28.9 Å². The van der Waals surface area contributed by atoms with Crippen LogP contribution < -0.4 is 4.74 Å². The molecule has 1 saturated heterocycles. The Morgan fingerprint density at radius 2 is 1.49 bits per heavy atom. The normalized spacial score (nSPS) is 17.8. The van der Waals surface area contributed by atoms with Crippen molar-refractivity contribution in [2.75, 3.05) is 13.2 Å². The zero-order valence-electron chi connectivity index (χ0n) is 24.2. The molecule has 1 unspecified atom stereocenters. The summed E-state index contributed by atoms with van der Waals surface area (Å²) in [6, 6.07) is 9.89. The van der Waals surface area contributed by atoms with Crippen LogP contribution in [0.3, 0.4) is 0 Å². The highest BCUT2D eigenvalue weighted by molar-refractivity contribution is 6.08. The molecule has 1 aliphatic heterocycles. The van der Waals surface area contributed by atoms with Crippen LogP contribution in [0.1, 0.15) is 80.7 Å². The molecule has 0 spiro atoms. The number of imide groups is 1. The Hall–Kier alpha value is -3.59. The number of aryl methyl sites for hydroxylation is 2. The predicted molar refractivity (Wildman–Crippen MR) is 145 cm³/mol. The second kappa shape index (κ2) is 13.0. The van der Waals surface area contributed by atoms with Gasteiger partial charge in [-0.1, -0.05) is 38.8 Å². The smallest absolute Gasteiger partial charge is 0.430 e. The Morgan fingerprint density at radius 3 is 1.95 bits per heavy atom. The third kappa shape index (κ3) is 6.66.